The van der Waals surface area contributed by atoms with E-state index in [0.29, 0.717) is 18.9 Å². The normalized spacial score (nSPS) is 15.2. The van der Waals surface area contributed by atoms with Gasteiger partial charge in [-0.1, -0.05) is 36.3 Å². The second-order valence-corrected chi connectivity index (χ2v) is 8.12. The first kappa shape index (κ1) is 21.7. The largest absolute Gasteiger partial charge is 0.489 e. The Balaban J connectivity index is 1.43. The minimum atomic E-state index is -0.326. The van der Waals surface area contributed by atoms with E-state index in [4.69, 9.17) is 9.72 Å². The highest BCUT2D eigenvalue weighted by Gasteiger charge is 2.33. The molecule has 4 aromatic rings. The SMILES string of the molecule is CC#CC(=O)N1CCCC1c1nc(-c2ccc(COc3cccc(F)c3)cc2)c2cnccn12. The van der Waals surface area contributed by atoms with Crippen LogP contribution < -0.4 is 4.74 Å². The molecule has 0 radical (unpaired) electrons. The van der Waals surface area contributed by atoms with E-state index in [2.05, 4.69) is 16.8 Å². The number of ether oxygens (including phenoxy) is 1. The number of imidazole rings is 1. The van der Waals surface area contributed by atoms with Crippen LogP contribution in [0.1, 0.15) is 37.2 Å². The lowest BCUT2D eigenvalue weighted by Gasteiger charge is -2.21. The van der Waals surface area contributed by atoms with Crippen molar-refractivity contribution in [3.8, 4) is 28.8 Å². The topological polar surface area (TPSA) is 59.7 Å². The second kappa shape index (κ2) is 9.36. The minimum Gasteiger partial charge on any atom is -0.489 e. The van der Waals surface area contributed by atoms with Crippen molar-refractivity contribution in [2.24, 2.45) is 0 Å². The number of hydrogen-bond acceptors (Lipinski definition) is 4. The fourth-order valence-electron chi connectivity index (χ4n) is 4.35. The predicted octanol–water partition coefficient (Wildman–Crippen LogP) is 4.80. The summed E-state index contributed by atoms with van der Waals surface area (Å²) in [5.74, 6) is 6.18. The Morgan fingerprint density at radius 2 is 2.09 bits per heavy atom. The van der Waals surface area contributed by atoms with Crippen LogP contribution in [-0.4, -0.2) is 31.7 Å². The van der Waals surface area contributed by atoms with Gasteiger partial charge < -0.3 is 9.64 Å². The Morgan fingerprint density at radius 1 is 1.24 bits per heavy atom. The molecule has 0 aliphatic carbocycles. The van der Waals surface area contributed by atoms with Gasteiger partial charge in [0, 0.05) is 30.6 Å². The van der Waals surface area contributed by atoms with Crippen molar-refractivity contribution < 1.29 is 13.9 Å². The van der Waals surface area contributed by atoms with Crippen LogP contribution in [0.5, 0.6) is 5.75 Å². The number of fused-ring (bicyclic) bond motifs is 1. The lowest BCUT2D eigenvalue weighted by Crippen LogP contribution is -2.30. The first-order chi connectivity index (χ1) is 16.6. The Hall–Kier alpha value is -4.18. The second-order valence-electron chi connectivity index (χ2n) is 8.12. The third-order valence-corrected chi connectivity index (χ3v) is 5.95. The van der Waals surface area contributed by atoms with E-state index >= 15 is 0 Å². The van der Waals surface area contributed by atoms with Gasteiger partial charge in [0.1, 0.15) is 24.0 Å². The van der Waals surface area contributed by atoms with Gasteiger partial charge >= 0.3 is 0 Å². The summed E-state index contributed by atoms with van der Waals surface area (Å²) in [6.07, 6.45) is 7.15. The van der Waals surface area contributed by atoms with Gasteiger partial charge in [0.05, 0.1) is 23.4 Å². The Bertz CT molecular complexity index is 1400. The van der Waals surface area contributed by atoms with Crippen molar-refractivity contribution in [3.05, 3.63) is 84.3 Å². The molecular formula is C27H23FN4O2. The quantitative estimate of drug-likeness (QED) is 0.407. The molecule has 1 amide bonds. The van der Waals surface area contributed by atoms with Crippen LogP contribution in [0.2, 0.25) is 0 Å². The van der Waals surface area contributed by atoms with Crippen LogP contribution in [-0.2, 0) is 11.4 Å². The molecule has 1 fully saturated rings. The van der Waals surface area contributed by atoms with Crippen molar-refractivity contribution in [2.75, 3.05) is 6.54 Å². The van der Waals surface area contributed by atoms with Crippen LogP contribution in [0.25, 0.3) is 16.8 Å². The van der Waals surface area contributed by atoms with Crippen molar-refractivity contribution >= 4 is 11.4 Å². The zero-order chi connectivity index (χ0) is 23.5. The predicted molar refractivity (Wildman–Crippen MR) is 126 cm³/mol. The van der Waals surface area contributed by atoms with Crippen LogP contribution >= 0.6 is 0 Å². The number of nitrogens with zero attached hydrogens (tertiary/aromatic N) is 4. The van der Waals surface area contributed by atoms with Gasteiger partial charge in [0.25, 0.3) is 5.91 Å². The van der Waals surface area contributed by atoms with E-state index in [-0.39, 0.29) is 17.8 Å². The molecule has 1 aliphatic heterocycles. The lowest BCUT2D eigenvalue weighted by molar-refractivity contribution is -0.126. The molecule has 0 saturated carbocycles. The standard InChI is InChI=1S/C27H23FN4O2/c1-2-5-25(33)31-14-4-8-23(31)27-30-26(24-17-29-13-15-32(24)27)20-11-9-19(10-12-20)18-34-22-7-3-6-21(28)16-22/h3,6-7,9-13,15-17,23H,4,8,14,18H2,1H3. The number of carbonyl (C=O) groups excluding carboxylic acids is 1. The average molecular weight is 455 g/mol. The number of rotatable bonds is 5. The zero-order valence-electron chi connectivity index (χ0n) is 18.7. The highest BCUT2D eigenvalue weighted by Crippen LogP contribution is 2.35. The van der Waals surface area contributed by atoms with E-state index in [1.165, 1.54) is 12.1 Å². The third-order valence-electron chi connectivity index (χ3n) is 5.95. The number of amides is 1. The molecule has 5 rings (SSSR count). The van der Waals surface area contributed by atoms with Crippen molar-refractivity contribution in [1.82, 2.24) is 19.3 Å². The van der Waals surface area contributed by atoms with Gasteiger partial charge in [-0.25, -0.2) is 9.37 Å². The lowest BCUT2D eigenvalue weighted by atomic mass is 10.1. The molecule has 1 aliphatic rings. The van der Waals surface area contributed by atoms with Gasteiger partial charge in [-0.15, -0.1) is 0 Å². The van der Waals surface area contributed by atoms with Crippen LogP contribution in [0, 0.1) is 17.7 Å². The Kier molecular flexibility index (Phi) is 5.96. The zero-order valence-corrected chi connectivity index (χ0v) is 18.7. The maximum absolute atomic E-state index is 13.4. The summed E-state index contributed by atoms with van der Waals surface area (Å²) in [5.41, 5.74) is 3.58. The molecule has 3 heterocycles. The highest BCUT2D eigenvalue weighted by molar-refractivity contribution is 5.94. The molecule has 6 nitrogen and oxygen atoms in total. The number of aromatic nitrogens is 3. The van der Waals surface area contributed by atoms with Gasteiger partial charge in [0.2, 0.25) is 0 Å². The fourth-order valence-corrected chi connectivity index (χ4v) is 4.35. The Labute approximate surface area is 197 Å². The van der Waals surface area contributed by atoms with E-state index < -0.39 is 0 Å². The van der Waals surface area contributed by atoms with E-state index in [0.717, 1.165) is 41.0 Å². The summed E-state index contributed by atoms with van der Waals surface area (Å²) in [5, 5.41) is 0. The molecule has 1 saturated heterocycles. The summed E-state index contributed by atoms with van der Waals surface area (Å²) >= 11 is 0. The average Bonchev–Trinajstić information content (AvgIpc) is 3.48. The molecular weight excluding hydrogens is 431 g/mol. The summed E-state index contributed by atoms with van der Waals surface area (Å²) in [4.78, 5) is 23.6. The molecule has 170 valence electrons. The molecule has 1 atom stereocenters. The molecule has 7 heteroatoms. The summed E-state index contributed by atoms with van der Waals surface area (Å²) < 4.78 is 21.1. The van der Waals surface area contributed by atoms with Gasteiger partial charge in [-0.3, -0.25) is 14.2 Å². The number of carbonyl (C=O) groups is 1. The van der Waals surface area contributed by atoms with Crippen molar-refractivity contribution in [2.45, 2.75) is 32.4 Å². The highest BCUT2D eigenvalue weighted by atomic mass is 19.1. The smallest absolute Gasteiger partial charge is 0.299 e. The maximum Gasteiger partial charge on any atom is 0.299 e. The van der Waals surface area contributed by atoms with E-state index in [1.54, 1.807) is 31.5 Å². The minimum absolute atomic E-state index is 0.129. The van der Waals surface area contributed by atoms with Crippen LogP contribution in [0.4, 0.5) is 4.39 Å². The summed E-state index contributed by atoms with van der Waals surface area (Å²) in [6, 6.07) is 13.9. The van der Waals surface area contributed by atoms with E-state index in [9.17, 15) is 9.18 Å². The van der Waals surface area contributed by atoms with E-state index in [1.807, 2.05) is 39.8 Å². The van der Waals surface area contributed by atoms with Crippen LogP contribution in [0.3, 0.4) is 0 Å². The molecule has 0 spiro atoms. The van der Waals surface area contributed by atoms with Gasteiger partial charge in [-0.05, 0) is 43.4 Å². The van der Waals surface area contributed by atoms with Gasteiger partial charge in [0.15, 0.2) is 0 Å². The first-order valence-electron chi connectivity index (χ1n) is 11.2. The molecule has 2 aromatic heterocycles. The van der Waals surface area contributed by atoms with Crippen molar-refractivity contribution in [3.63, 3.8) is 0 Å². The third kappa shape index (κ3) is 4.23. The molecule has 1 unspecified atom stereocenters. The number of benzene rings is 2. The van der Waals surface area contributed by atoms with Crippen LogP contribution in [0.15, 0.2) is 67.1 Å². The molecule has 34 heavy (non-hydrogen) atoms. The van der Waals surface area contributed by atoms with Gasteiger partial charge in [-0.2, -0.15) is 0 Å². The first-order valence-corrected chi connectivity index (χ1v) is 11.2. The van der Waals surface area contributed by atoms with Crippen molar-refractivity contribution in [1.29, 1.82) is 0 Å². The number of halogens is 1. The summed E-state index contributed by atoms with van der Waals surface area (Å²) in [6.45, 7) is 2.68. The maximum atomic E-state index is 13.4. The number of likely N-dealkylation sites (tertiary alicyclic amines) is 1. The Morgan fingerprint density at radius 3 is 2.88 bits per heavy atom. The number of hydrogen-bond donors (Lipinski definition) is 0. The monoisotopic (exact) mass is 454 g/mol. The summed E-state index contributed by atoms with van der Waals surface area (Å²) in [7, 11) is 0. The molecule has 0 bridgehead atoms. The molecule has 0 N–H and O–H groups in total. The fraction of sp³-hybridized carbons (Fsp3) is 0.222. The molecule has 2 aromatic carbocycles.